The molecule has 0 fully saturated rings. The molecule has 0 atom stereocenters. The Morgan fingerprint density at radius 3 is 2.07 bits per heavy atom. The van der Waals surface area contributed by atoms with Crippen LogP contribution in [-0.4, -0.2) is 15.0 Å². The zero-order chi connectivity index (χ0) is 21.7. The summed E-state index contributed by atoms with van der Waals surface area (Å²) >= 11 is 1.08. The van der Waals surface area contributed by atoms with E-state index in [0.717, 1.165) is 22.7 Å². The van der Waals surface area contributed by atoms with Gasteiger partial charge in [0.25, 0.3) is 11.4 Å². The molecule has 0 aliphatic heterocycles. The molecule has 0 heterocycles. The van der Waals surface area contributed by atoms with Gasteiger partial charge in [0.2, 0.25) is 0 Å². The zero-order valence-corrected chi connectivity index (χ0v) is 16.5. The Bertz CT molecular complexity index is 1200. The van der Waals surface area contributed by atoms with E-state index in [1.165, 1.54) is 13.0 Å². The van der Waals surface area contributed by atoms with Crippen molar-refractivity contribution in [2.24, 2.45) is 0 Å². The zero-order valence-electron chi connectivity index (χ0n) is 15.7. The van der Waals surface area contributed by atoms with Crippen LogP contribution in [0.4, 0.5) is 11.4 Å². The number of carbonyl (C=O) groups excluding carboxylic acids is 1. The molecule has 8 heteroatoms. The molecule has 7 nitrogen and oxygen atoms in total. The smallest absolute Gasteiger partial charge is 0.286 e. The molecule has 0 unspecified atom stereocenters. The van der Waals surface area contributed by atoms with Crippen LogP contribution in [0.25, 0.3) is 11.1 Å². The fourth-order valence-electron chi connectivity index (χ4n) is 2.74. The molecule has 0 spiro atoms. The minimum atomic E-state index is -0.604. The maximum Gasteiger partial charge on any atom is 0.286 e. The molecule has 3 rings (SSSR count). The molecule has 30 heavy (non-hydrogen) atoms. The second kappa shape index (κ2) is 9.03. The lowest BCUT2D eigenvalue weighted by Crippen LogP contribution is -1.98. The normalized spacial score (nSPS) is 10.0. The van der Waals surface area contributed by atoms with Crippen molar-refractivity contribution in [3.8, 4) is 23.0 Å². The molecule has 0 N–H and O–H groups in total. The van der Waals surface area contributed by atoms with Gasteiger partial charge in [-0.05, 0) is 29.8 Å². The second-order valence-corrected chi connectivity index (χ2v) is 7.39. The summed E-state index contributed by atoms with van der Waals surface area (Å²) in [4.78, 5) is 33.9. The minimum absolute atomic E-state index is 0.0460. The highest BCUT2D eigenvalue weighted by atomic mass is 32.2. The monoisotopic (exact) mass is 418 g/mol. The number of nitro groups is 2. The van der Waals surface area contributed by atoms with E-state index < -0.39 is 9.85 Å². The van der Waals surface area contributed by atoms with E-state index in [1.807, 2.05) is 0 Å². The van der Waals surface area contributed by atoms with Crippen molar-refractivity contribution in [1.29, 1.82) is 0 Å². The molecular weight excluding hydrogens is 404 g/mol. The van der Waals surface area contributed by atoms with Crippen molar-refractivity contribution in [1.82, 2.24) is 0 Å². The van der Waals surface area contributed by atoms with Crippen molar-refractivity contribution < 1.29 is 14.6 Å². The van der Waals surface area contributed by atoms with Gasteiger partial charge < -0.3 is 0 Å². The van der Waals surface area contributed by atoms with Gasteiger partial charge in [-0.25, -0.2) is 0 Å². The van der Waals surface area contributed by atoms with Crippen molar-refractivity contribution >= 4 is 28.3 Å². The van der Waals surface area contributed by atoms with E-state index in [1.54, 1.807) is 54.6 Å². The number of carbonyl (C=O) groups is 1. The van der Waals surface area contributed by atoms with E-state index in [4.69, 9.17) is 0 Å². The molecule has 3 aromatic carbocycles. The molecule has 0 saturated carbocycles. The molecule has 0 saturated heterocycles. The van der Waals surface area contributed by atoms with Crippen LogP contribution in [0.15, 0.2) is 71.6 Å². The van der Waals surface area contributed by atoms with Gasteiger partial charge >= 0.3 is 0 Å². The van der Waals surface area contributed by atoms with Crippen molar-refractivity contribution in [2.75, 3.05) is 0 Å². The summed E-state index contributed by atoms with van der Waals surface area (Å²) in [5, 5.41) is 23.1. The average Bonchev–Trinajstić information content (AvgIpc) is 2.72. The standard InChI is InChI=1S/C22H14N2O5S/c1-15(25)30-19-11-8-16(9-12-19)7-10-18-13-22(24(28)29)20(14-21(18)23(26)27)17-5-3-2-4-6-17/h2-6,8-9,11-14H,1H3. The van der Waals surface area contributed by atoms with Crippen LogP contribution in [0, 0.1) is 32.1 Å². The Morgan fingerprint density at radius 1 is 0.867 bits per heavy atom. The highest BCUT2D eigenvalue weighted by Gasteiger charge is 2.24. The van der Waals surface area contributed by atoms with Gasteiger partial charge in [-0.3, -0.25) is 25.0 Å². The summed E-state index contributed by atoms with van der Waals surface area (Å²) in [6, 6.07) is 17.6. The minimum Gasteiger partial charge on any atom is -0.287 e. The van der Waals surface area contributed by atoms with Gasteiger partial charge in [-0.1, -0.05) is 53.9 Å². The Balaban J connectivity index is 2.06. The lowest BCUT2D eigenvalue weighted by atomic mass is 10.00. The van der Waals surface area contributed by atoms with Gasteiger partial charge in [-0.2, -0.15) is 0 Å². The van der Waals surface area contributed by atoms with E-state index in [9.17, 15) is 25.0 Å². The van der Waals surface area contributed by atoms with Crippen LogP contribution < -0.4 is 0 Å². The molecule has 148 valence electrons. The van der Waals surface area contributed by atoms with Crippen LogP contribution in [0.2, 0.25) is 0 Å². The Hall–Kier alpha value is -3.96. The van der Waals surface area contributed by atoms with Crippen LogP contribution >= 0.6 is 11.8 Å². The van der Waals surface area contributed by atoms with Crippen LogP contribution in [0.1, 0.15) is 18.1 Å². The van der Waals surface area contributed by atoms with Crippen molar-refractivity contribution in [3.05, 3.63) is 98.1 Å². The highest BCUT2D eigenvalue weighted by Crippen LogP contribution is 2.35. The number of nitro benzene ring substituents is 2. The first-order valence-corrected chi connectivity index (χ1v) is 9.49. The summed E-state index contributed by atoms with van der Waals surface area (Å²) in [5.41, 5.74) is 0.606. The van der Waals surface area contributed by atoms with Gasteiger partial charge in [-0.15, -0.1) is 0 Å². The predicted molar refractivity (Wildman–Crippen MR) is 114 cm³/mol. The molecule has 0 amide bonds. The van der Waals surface area contributed by atoms with Crippen molar-refractivity contribution in [2.45, 2.75) is 11.8 Å². The number of benzene rings is 3. The first-order valence-electron chi connectivity index (χ1n) is 8.68. The SMILES string of the molecule is CC(=O)Sc1ccc(C#Cc2cc([N+](=O)[O-])c(-c3ccccc3)cc2[N+](=O)[O-])cc1. The second-order valence-electron chi connectivity index (χ2n) is 6.13. The lowest BCUT2D eigenvalue weighted by Gasteiger charge is -2.05. The fraction of sp³-hybridized carbons (Fsp3) is 0.0455. The number of hydrogen-bond donors (Lipinski definition) is 0. The largest absolute Gasteiger partial charge is 0.287 e. The first kappa shape index (κ1) is 20.8. The fourth-order valence-corrected chi connectivity index (χ4v) is 3.34. The van der Waals surface area contributed by atoms with E-state index in [2.05, 4.69) is 11.8 Å². The summed E-state index contributed by atoms with van der Waals surface area (Å²) in [6.45, 7) is 1.46. The molecule has 0 aliphatic carbocycles. The van der Waals surface area contributed by atoms with E-state index >= 15 is 0 Å². The number of nitrogens with zero attached hydrogens (tertiary/aromatic N) is 2. The molecule has 0 aliphatic rings. The highest BCUT2D eigenvalue weighted by molar-refractivity contribution is 8.13. The third kappa shape index (κ3) is 4.90. The van der Waals surface area contributed by atoms with Crippen LogP contribution in [0.3, 0.4) is 0 Å². The Labute approximate surface area is 176 Å². The van der Waals surface area contributed by atoms with Crippen LogP contribution in [-0.2, 0) is 4.79 Å². The van der Waals surface area contributed by atoms with Gasteiger partial charge in [0, 0.05) is 29.5 Å². The summed E-state index contributed by atoms with van der Waals surface area (Å²) in [6.07, 6.45) is 0. The molecule has 3 aromatic rings. The maximum absolute atomic E-state index is 11.6. The van der Waals surface area contributed by atoms with Crippen molar-refractivity contribution in [3.63, 3.8) is 0 Å². The maximum atomic E-state index is 11.6. The van der Waals surface area contributed by atoms with Gasteiger partial charge in [0.05, 0.1) is 15.4 Å². The van der Waals surface area contributed by atoms with Gasteiger partial charge in [0.15, 0.2) is 5.12 Å². The first-order chi connectivity index (χ1) is 14.3. The topological polar surface area (TPSA) is 103 Å². The molecule has 0 radical (unpaired) electrons. The number of thioether (sulfide) groups is 1. The molecular formula is C22H14N2O5S. The van der Waals surface area contributed by atoms with Gasteiger partial charge in [0.1, 0.15) is 5.56 Å². The molecule has 0 aromatic heterocycles. The number of rotatable bonds is 4. The van der Waals surface area contributed by atoms with Crippen LogP contribution in [0.5, 0.6) is 0 Å². The predicted octanol–water partition coefficient (Wildman–Crippen LogP) is 5.21. The summed E-state index contributed by atoms with van der Waals surface area (Å²) in [7, 11) is 0. The third-order valence-electron chi connectivity index (χ3n) is 4.05. The Kier molecular flexibility index (Phi) is 6.25. The summed E-state index contributed by atoms with van der Waals surface area (Å²) < 4.78 is 0. The molecule has 0 bridgehead atoms. The van der Waals surface area contributed by atoms with E-state index in [0.29, 0.717) is 11.1 Å². The third-order valence-corrected chi connectivity index (χ3v) is 4.84. The lowest BCUT2D eigenvalue weighted by molar-refractivity contribution is -0.388. The quantitative estimate of drug-likeness (QED) is 0.249. The Morgan fingerprint density at radius 2 is 1.50 bits per heavy atom. The summed E-state index contributed by atoms with van der Waals surface area (Å²) in [5.74, 6) is 5.47. The average molecular weight is 418 g/mol. The number of hydrogen-bond acceptors (Lipinski definition) is 6. The van der Waals surface area contributed by atoms with E-state index in [-0.39, 0.29) is 27.6 Å².